The van der Waals surface area contributed by atoms with Crippen molar-refractivity contribution in [3.05, 3.63) is 29.3 Å². The average Bonchev–Trinajstić information content (AvgIpc) is 2.85. The third-order valence-corrected chi connectivity index (χ3v) is 3.53. The number of hydrogen-bond acceptors (Lipinski definition) is 4. The number of nitrogens with one attached hydrogen (secondary N) is 1. The standard InChI is InChI=1S/C14H16N2O3/c17-13-8-15-9-14(18)16(13)5-3-10-1-2-12-11(7-10)4-6-19-12/h1-2,7,15H,3-6,8-9H2. The molecule has 1 aromatic rings. The first kappa shape index (κ1) is 12.2. The van der Waals surface area contributed by atoms with Gasteiger partial charge < -0.3 is 4.74 Å². The monoisotopic (exact) mass is 260 g/mol. The number of amides is 2. The molecule has 5 nitrogen and oxygen atoms in total. The van der Waals surface area contributed by atoms with Crippen molar-refractivity contribution in [2.75, 3.05) is 26.2 Å². The van der Waals surface area contributed by atoms with Gasteiger partial charge in [0.15, 0.2) is 0 Å². The first-order chi connectivity index (χ1) is 9.24. The second-order valence-corrected chi connectivity index (χ2v) is 4.83. The van der Waals surface area contributed by atoms with E-state index in [2.05, 4.69) is 11.4 Å². The van der Waals surface area contributed by atoms with Crippen molar-refractivity contribution < 1.29 is 14.3 Å². The van der Waals surface area contributed by atoms with E-state index in [0.29, 0.717) is 13.0 Å². The normalized spacial score (nSPS) is 18.4. The molecule has 1 saturated heterocycles. The minimum Gasteiger partial charge on any atom is -0.493 e. The Morgan fingerprint density at radius 3 is 2.79 bits per heavy atom. The number of ether oxygens (including phenoxy) is 1. The Hall–Kier alpha value is -1.88. The molecule has 0 radical (unpaired) electrons. The highest BCUT2D eigenvalue weighted by Gasteiger charge is 2.25. The highest BCUT2D eigenvalue weighted by atomic mass is 16.5. The van der Waals surface area contributed by atoms with Gasteiger partial charge in [0.2, 0.25) is 11.8 Å². The molecule has 5 heteroatoms. The first-order valence-corrected chi connectivity index (χ1v) is 6.52. The van der Waals surface area contributed by atoms with Gasteiger partial charge in [-0.25, -0.2) is 0 Å². The van der Waals surface area contributed by atoms with Crippen molar-refractivity contribution in [1.82, 2.24) is 10.2 Å². The number of rotatable bonds is 3. The van der Waals surface area contributed by atoms with E-state index < -0.39 is 0 Å². The number of carbonyl (C=O) groups excluding carboxylic acids is 2. The maximum Gasteiger partial charge on any atom is 0.243 e. The largest absolute Gasteiger partial charge is 0.493 e. The van der Waals surface area contributed by atoms with Crippen LogP contribution in [0.25, 0.3) is 0 Å². The molecule has 2 amide bonds. The van der Waals surface area contributed by atoms with Crippen LogP contribution in [0.2, 0.25) is 0 Å². The number of piperazine rings is 1. The highest BCUT2D eigenvalue weighted by molar-refractivity contribution is 5.99. The molecule has 100 valence electrons. The summed E-state index contributed by atoms with van der Waals surface area (Å²) in [6, 6.07) is 6.08. The van der Waals surface area contributed by atoms with Crippen LogP contribution in [0.3, 0.4) is 0 Å². The van der Waals surface area contributed by atoms with Crippen LogP contribution in [0.15, 0.2) is 18.2 Å². The molecule has 0 unspecified atom stereocenters. The van der Waals surface area contributed by atoms with Crippen LogP contribution in [0.1, 0.15) is 11.1 Å². The first-order valence-electron chi connectivity index (χ1n) is 6.52. The minimum atomic E-state index is -0.138. The fraction of sp³-hybridized carbons (Fsp3) is 0.429. The molecule has 0 spiro atoms. The average molecular weight is 260 g/mol. The van der Waals surface area contributed by atoms with Gasteiger partial charge in [-0.05, 0) is 23.6 Å². The predicted octanol–water partition coefficient (Wildman–Crippen LogP) is 0.122. The Balaban J connectivity index is 1.65. The summed E-state index contributed by atoms with van der Waals surface area (Å²) >= 11 is 0. The molecule has 2 heterocycles. The van der Waals surface area contributed by atoms with E-state index in [4.69, 9.17) is 4.74 Å². The summed E-state index contributed by atoms with van der Waals surface area (Å²) in [5, 5.41) is 2.79. The number of fused-ring (bicyclic) bond motifs is 1. The number of hydrogen-bond donors (Lipinski definition) is 1. The number of carbonyl (C=O) groups is 2. The predicted molar refractivity (Wildman–Crippen MR) is 68.9 cm³/mol. The lowest BCUT2D eigenvalue weighted by molar-refractivity contribution is -0.146. The lowest BCUT2D eigenvalue weighted by Crippen LogP contribution is -2.52. The molecule has 19 heavy (non-hydrogen) atoms. The van der Waals surface area contributed by atoms with E-state index in [1.54, 1.807) is 0 Å². The van der Waals surface area contributed by atoms with Gasteiger partial charge in [-0.3, -0.25) is 19.8 Å². The van der Waals surface area contributed by atoms with E-state index >= 15 is 0 Å². The fourth-order valence-electron chi connectivity index (χ4n) is 2.49. The van der Waals surface area contributed by atoms with Crippen molar-refractivity contribution in [1.29, 1.82) is 0 Å². The molecule has 0 aromatic heterocycles. The second kappa shape index (κ2) is 5.01. The molecule has 1 fully saturated rings. The van der Waals surface area contributed by atoms with E-state index in [1.807, 2.05) is 12.1 Å². The lowest BCUT2D eigenvalue weighted by Gasteiger charge is -2.25. The third kappa shape index (κ3) is 2.46. The van der Waals surface area contributed by atoms with Crippen LogP contribution in [-0.4, -0.2) is 43.0 Å². The summed E-state index contributed by atoms with van der Waals surface area (Å²) < 4.78 is 5.46. The van der Waals surface area contributed by atoms with Crippen LogP contribution in [0.4, 0.5) is 0 Å². The second-order valence-electron chi connectivity index (χ2n) is 4.83. The molecule has 0 atom stereocenters. The number of imide groups is 1. The van der Waals surface area contributed by atoms with Gasteiger partial charge in [0, 0.05) is 13.0 Å². The fourth-order valence-corrected chi connectivity index (χ4v) is 2.49. The van der Waals surface area contributed by atoms with E-state index in [9.17, 15) is 9.59 Å². The van der Waals surface area contributed by atoms with Gasteiger partial charge in [0.1, 0.15) is 5.75 Å². The molecule has 0 aliphatic carbocycles. The maximum atomic E-state index is 11.6. The maximum absolute atomic E-state index is 11.6. The van der Waals surface area contributed by atoms with Gasteiger partial charge in [-0.15, -0.1) is 0 Å². The molecule has 0 saturated carbocycles. The van der Waals surface area contributed by atoms with Crippen molar-refractivity contribution in [2.24, 2.45) is 0 Å². The van der Waals surface area contributed by atoms with E-state index in [0.717, 1.165) is 24.3 Å². The topological polar surface area (TPSA) is 58.6 Å². The smallest absolute Gasteiger partial charge is 0.243 e. The molecule has 2 aliphatic heterocycles. The van der Waals surface area contributed by atoms with Crippen molar-refractivity contribution >= 4 is 11.8 Å². The van der Waals surface area contributed by atoms with E-state index in [-0.39, 0.29) is 24.9 Å². The van der Waals surface area contributed by atoms with Gasteiger partial charge in [0.25, 0.3) is 0 Å². The Morgan fingerprint density at radius 1 is 1.21 bits per heavy atom. The van der Waals surface area contributed by atoms with Crippen LogP contribution >= 0.6 is 0 Å². The van der Waals surface area contributed by atoms with Crippen LogP contribution < -0.4 is 10.1 Å². The van der Waals surface area contributed by atoms with Crippen LogP contribution in [0.5, 0.6) is 5.75 Å². The molecule has 0 bridgehead atoms. The Labute approximate surface area is 111 Å². The summed E-state index contributed by atoms with van der Waals surface area (Å²) in [5.74, 6) is 0.680. The Morgan fingerprint density at radius 2 is 2.00 bits per heavy atom. The van der Waals surface area contributed by atoms with Gasteiger partial charge in [-0.2, -0.15) is 0 Å². The summed E-state index contributed by atoms with van der Waals surface area (Å²) in [5.41, 5.74) is 2.36. The minimum absolute atomic E-state index is 0.138. The van der Waals surface area contributed by atoms with Gasteiger partial charge in [0.05, 0.1) is 19.7 Å². The summed E-state index contributed by atoms with van der Waals surface area (Å²) in [4.78, 5) is 24.6. The molecular formula is C14H16N2O3. The summed E-state index contributed by atoms with van der Waals surface area (Å²) in [6.45, 7) is 1.71. The highest BCUT2D eigenvalue weighted by Crippen LogP contribution is 2.26. The van der Waals surface area contributed by atoms with Crippen LogP contribution in [0, 0.1) is 0 Å². The van der Waals surface area contributed by atoms with Gasteiger partial charge >= 0.3 is 0 Å². The molecule has 1 aromatic carbocycles. The SMILES string of the molecule is O=C1CNCC(=O)N1CCc1ccc2c(c1)CCO2. The van der Waals surface area contributed by atoms with Gasteiger partial charge in [-0.1, -0.05) is 12.1 Å². The Kier molecular flexibility index (Phi) is 3.21. The zero-order valence-corrected chi connectivity index (χ0v) is 10.6. The number of benzene rings is 1. The molecular weight excluding hydrogens is 244 g/mol. The summed E-state index contributed by atoms with van der Waals surface area (Å²) in [7, 11) is 0. The number of nitrogens with zero attached hydrogens (tertiary/aromatic N) is 1. The van der Waals surface area contributed by atoms with E-state index in [1.165, 1.54) is 10.5 Å². The zero-order valence-electron chi connectivity index (χ0n) is 10.6. The van der Waals surface area contributed by atoms with Crippen LogP contribution in [-0.2, 0) is 22.4 Å². The third-order valence-electron chi connectivity index (χ3n) is 3.53. The molecule has 3 rings (SSSR count). The Bertz CT molecular complexity index is 511. The van der Waals surface area contributed by atoms with Crippen molar-refractivity contribution in [3.8, 4) is 5.75 Å². The molecule has 2 aliphatic rings. The van der Waals surface area contributed by atoms with Crippen molar-refractivity contribution in [3.63, 3.8) is 0 Å². The molecule has 1 N–H and O–H groups in total. The lowest BCUT2D eigenvalue weighted by atomic mass is 10.1. The summed E-state index contributed by atoms with van der Waals surface area (Å²) in [6.07, 6.45) is 1.64. The zero-order chi connectivity index (χ0) is 13.2. The van der Waals surface area contributed by atoms with Crippen molar-refractivity contribution in [2.45, 2.75) is 12.8 Å². The quantitative estimate of drug-likeness (QED) is 0.784.